The van der Waals surface area contributed by atoms with Crippen molar-refractivity contribution in [1.29, 1.82) is 0 Å². The van der Waals surface area contributed by atoms with Gasteiger partial charge < -0.3 is 34.2 Å². The van der Waals surface area contributed by atoms with Crippen molar-refractivity contribution in [2.45, 2.75) is 450 Å². The molecule has 0 radical (unpaired) electrons. The normalized spacial score (nSPS) is 14.4. The van der Waals surface area contributed by atoms with Crippen LogP contribution >= 0.6 is 15.6 Å². The molecular weight excluding hydrogens is 1630 g/mol. The number of rotatable bonds is 96. The van der Waals surface area contributed by atoms with Crippen LogP contribution in [0.5, 0.6) is 0 Å². The number of hydrogen-bond donors (Lipinski definition) is 4. The molecule has 0 bridgehead atoms. The van der Waals surface area contributed by atoms with Crippen molar-refractivity contribution >= 4 is 33.6 Å². The molecule has 0 aromatic heterocycles. The quantitative estimate of drug-likeness (QED) is 0.0146. The third kappa shape index (κ3) is 101. The van der Waals surface area contributed by atoms with Gasteiger partial charge in [-0.2, -0.15) is 0 Å². The molecule has 0 aromatic carbocycles. The van der Waals surface area contributed by atoms with Gasteiger partial charge in [-0.25, -0.2) is 9.13 Å². The maximum atomic E-state index is 13.1. The third-order valence-electron chi connectivity index (χ3n) is 21.6. The van der Waals surface area contributed by atoms with Crippen LogP contribution in [-0.2, 0) is 55.8 Å². The van der Waals surface area contributed by atoms with Gasteiger partial charge in [0, 0.05) is 19.3 Å². The van der Waals surface area contributed by atoms with Gasteiger partial charge in [0.15, 0.2) is 6.10 Å². The minimum absolute atomic E-state index is 0.0996. The lowest BCUT2D eigenvalue weighted by molar-refractivity contribution is -0.161. The highest BCUT2D eigenvalue weighted by atomic mass is 31.2. The summed E-state index contributed by atoms with van der Waals surface area (Å²) in [5.74, 6) is -1.56. The summed E-state index contributed by atoms with van der Waals surface area (Å²) in [5.41, 5.74) is 0. The minimum Gasteiger partial charge on any atom is -0.463 e. The number of allylic oxidation sites excluding steroid dienone is 30. The second-order valence-corrected chi connectivity index (χ2v) is 36.8. The number of phosphoric acid groups is 2. The highest BCUT2D eigenvalue weighted by Gasteiger charge is 2.30. The molecule has 127 heavy (non-hydrogen) atoms. The van der Waals surface area contributed by atoms with Crippen molar-refractivity contribution < 1.29 is 75.8 Å². The van der Waals surface area contributed by atoms with Crippen molar-refractivity contribution in [3.63, 3.8) is 0 Å². The van der Waals surface area contributed by atoms with Crippen LogP contribution in [0.15, 0.2) is 182 Å². The maximum absolute atomic E-state index is 13.1. The van der Waals surface area contributed by atoms with Gasteiger partial charge in [0.25, 0.3) is 0 Å². The zero-order chi connectivity index (χ0) is 92.1. The molecule has 0 saturated heterocycles. The van der Waals surface area contributed by atoms with Crippen LogP contribution < -0.4 is 0 Å². The average Bonchev–Trinajstić information content (AvgIpc) is 0.902. The monoisotopic (exact) mass is 1810 g/mol. The third-order valence-corrected chi connectivity index (χ3v) is 23.5. The molecule has 16 nitrogen and oxygen atoms in total. The zero-order valence-electron chi connectivity index (χ0n) is 80.6. The fourth-order valence-electron chi connectivity index (χ4n) is 13.9. The summed E-state index contributed by atoms with van der Waals surface area (Å²) in [6, 6.07) is 0. The first-order valence-corrected chi connectivity index (χ1v) is 54.1. The molecule has 18 heteroatoms. The summed E-state index contributed by atoms with van der Waals surface area (Å²) >= 11 is 0. The first-order chi connectivity index (χ1) is 62.2. The van der Waals surface area contributed by atoms with Gasteiger partial charge in [0.1, 0.15) is 25.4 Å². The Labute approximate surface area is 776 Å². The van der Waals surface area contributed by atoms with Crippen LogP contribution in [0.3, 0.4) is 0 Å². The molecule has 0 aliphatic rings. The van der Waals surface area contributed by atoms with E-state index >= 15 is 0 Å². The number of unbranched alkanes of at least 4 members (excludes halogenated alkanes) is 43. The van der Waals surface area contributed by atoms with Crippen molar-refractivity contribution in [3.8, 4) is 0 Å². The summed E-state index contributed by atoms with van der Waals surface area (Å²) < 4.78 is 61.7. The number of phosphoric ester groups is 2. The second-order valence-electron chi connectivity index (χ2n) is 33.9. The Bertz CT molecular complexity index is 3040. The van der Waals surface area contributed by atoms with E-state index in [9.17, 15) is 43.5 Å². The molecule has 0 saturated carbocycles. The molecule has 0 heterocycles. The van der Waals surface area contributed by atoms with E-state index in [-0.39, 0.29) is 19.3 Å². The van der Waals surface area contributed by atoms with E-state index in [1.165, 1.54) is 193 Å². The highest BCUT2D eigenvalue weighted by Crippen LogP contribution is 2.45. The molecule has 0 aliphatic heterocycles. The van der Waals surface area contributed by atoms with E-state index in [4.69, 9.17) is 32.3 Å². The number of carbonyl (C=O) groups is 3. The van der Waals surface area contributed by atoms with Gasteiger partial charge in [-0.15, -0.1) is 0 Å². The Morgan fingerprint density at radius 1 is 0.228 bits per heavy atom. The van der Waals surface area contributed by atoms with Crippen molar-refractivity contribution in [3.05, 3.63) is 182 Å². The number of hydrogen-bond acceptors (Lipinski definition) is 14. The molecule has 5 unspecified atom stereocenters. The molecule has 728 valence electrons. The Balaban J connectivity index is 4.62. The smallest absolute Gasteiger partial charge is 0.463 e. The lowest BCUT2D eigenvalue weighted by Gasteiger charge is -2.21. The highest BCUT2D eigenvalue weighted by molar-refractivity contribution is 7.47. The van der Waals surface area contributed by atoms with E-state index in [0.29, 0.717) is 19.3 Å². The number of carbonyl (C=O) groups excluding carboxylic acids is 3. The van der Waals surface area contributed by atoms with Gasteiger partial charge in [-0.05, 0) is 161 Å². The molecule has 4 N–H and O–H groups in total. The van der Waals surface area contributed by atoms with Crippen molar-refractivity contribution in [1.82, 2.24) is 0 Å². The van der Waals surface area contributed by atoms with E-state index < -0.39 is 91.5 Å². The molecule has 5 atom stereocenters. The Morgan fingerprint density at radius 3 is 0.661 bits per heavy atom. The van der Waals surface area contributed by atoms with Gasteiger partial charge in [0.2, 0.25) is 0 Å². The maximum Gasteiger partial charge on any atom is 0.472 e. The Kier molecular flexibility index (Phi) is 95.5. The standard InChI is InChI=1S/C109H186O16P2/c1-4-7-10-13-16-19-22-25-28-31-34-37-40-43-46-49-50-51-52-55-57-59-62-65-68-71-74-77-80-83-86-89-92-95-107(112)119-98-104(110)99-121-126(115,116)122-100-105(111)101-123-127(117,118)124-103-106(125-109(114)97-94-91-88-85-82-79-76-73-70-67-64-61-58-54-48-45-42-39-36-33-30-27-24-21-18-15-12-9-6-3)102-120-108(113)96-93-90-87-84-81-78-75-72-69-66-63-60-56-53-47-44-41-38-35-32-29-26-23-20-17-14-11-8-5-2/h7-8,10-11,16-21,25-30,34-39,43-48,50-51,104-106,110-111H,4-6,9,12-15,22-24,31-33,40-42,49,52-103H2,1-3H3,(H,115,116)(H,117,118)/b10-7-,11-8-,19-16-,20-17-,21-18-,28-25-,29-26-,30-27-,37-34-,38-35-,39-36-,46-43-,47-44-,48-45-,51-50-. The zero-order valence-corrected chi connectivity index (χ0v) is 82.4. The topological polar surface area (TPSA) is 231 Å². The van der Waals surface area contributed by atoms with Crippen molar-refractivity contribution in [2.75, 3.05) is 39.6 Å². The molecule has 0 aromatic rings. The molecular formula is C109H186O16P2. The lowest BCUT2D eigenvalue weighted by Crippen LogP contribution is -2.30. The summed E-state index contributed by atoms with van der Waals surface area (Å²) in [6.07, 6.45) is 132. The minimum atomic E-state index is -4.95. The van der Waals surface area contributed by atoms with Crippen LogP contribution in [0.2, 0.25) is 0 Å². The number of aliphatic hydroxyl groups is 2. The molecule has 0 fully saturated rings. The fraction of sp³-hybridized carbons (Fsp3) is 0.697. The molecule has 0 spiro atoms. The fourth-order valence-corrected chi connectivity index (χ4v) is 15.5. The van der Waals surface area contributed by atoms with Crippen LogP contribution in [0, 0.1) is 0 Å². The summed E-state index contributed by atoms with van der Waals surface area (Å²) in [4.78, 5) is 59.2. The summed E-state index contributed by atoms with van der Waals surface area (Å²) in [6.45, 7) is 2.49. The van der Waals surface area contributed by atoms with Gasteiger partial charge in [0.05, 0.1) is 26.4 Å². The first kappa shape index (κ1) is 122. The molecule has 0 rings (SSSR count). The van der Waals surface area contributed by atoms with Gasteiger partial charge in [-0.1, -0.05) is 434 Å². The molecule has 0 amide bonds. The largest absolute Gasteiger partial charge is 0.472 e. The predicted octanol–water partition coefficient (Wildman–Crippen LogP) is 32.3. The summed E-state index contributed by atoms with van der Waals surface area (Å²) in [7, 11) is -9.82. The lowest BCUT2D eigenvalue weighted by atomic mass is 10.0. The molecule has 0 aliphatic carbocycles. The number of esters is 3. The van der Waals surface area contributed by atoms with Gasteiger partial charge in [-0.3, -0.25) is 32.5 Å². The summed E-state index contributed by atoms with van der Waals surface area (Å²) in [5, 5.41) is 20.8. The van der Waals surface area contributed by atoms with Crippen LogP contribution in [-0.4, -0.2) is 95.9 Å². The van der Waals surface area contributed by atoms with Crippen LogP contribution in [0.1, 0.15) is 432 Å². The van der Waals surface area contributed by atoms with Crippen molar-refractivity contribution in [2.24, 2.45) is 0 Å². The van der Waals surface area contributed by atoms with Crippen LogP contribution in [0.4, 0.5) is 0 Å². The first-order valence-electron chi connectivity index (χ1n) is 51.1. The number of ether oxygens (including phenoxy) is 3. The second kappa shape index (κ2) is 99.7. The van der Waals surface area contributed by atoms with Gasteiger partial charge >= 0.3 is 33.6 Å². The SMILES string of the molecule is CC/C=C\C/C=C\C/C=C\C/C=C\C/C=C\C/C=C\CCCCCCCCCCCCCCCCC(=O)OCC(O)COP(=O)(O)OCC(O)COP(=O)(O)OCC(COC(=O)CCCCCCCCCCCCCCC/C=C\C/C=C\C/C=C\C/C=C\C/C=C\CC)OC(=O)CCCCCCCCCCCCCCC/C=C\C/C=C\C/C=C\C/C=C\CCCCC. The van der Waals surface area contributed by atoms with E-state index in [1.807, 2.05) is 0 Å². The van der Waals surface area contributed by atoms with Crippen LogP contribution in [0.25, 0.3) is 0 Å². The van der Waals surface area contributed by atoms with E-state index in [2.05, 4.69) is 203 Å². The van der Waals surface area contributed by atoms with E-state index in [1.54, 1.807) is 0 Å². The average molecular weight is 1810 g/mol. The van der Waals surface area contributed by atoms with E-state index in [0.717, 1.165) is 180 Å². The predicted molar refractivity (Wildman–Crippen MR) is 537 cm³/mol. The Hall–Kier alpha value is -5.35. The Morgan fingerprint density at radius 2 is 0.417 bits per heavy atom. The number of aliphatic hydroxyl groups excluding tert-OH is 2.